The standard InChI is InChI=1S/C19H25NO5S/c1-14-7-4-5-12-20(14)26(23,24)16-9-6-8-15(13-16)19(22)25-18-11-3-2-10-17(18)21/h6,8-9,13-14,18H,2-5,7,10-12H2,1H3/t14-,18-/m0/s1. The fraction of sp³-hybridized carbons (Fsp3) is 0.579. The fourth-order valence-electron chi connectivity index (χ4n) is 3.62. The number of carbonyl (C=O) groups is 2. The van der Waals surface area contributed by atoms with Gasteiger partial charge in [0, 0.05) is 19.0 Å². The number of esters is 1. The van der Waals surface area contributed by atoms with Crippen LogP contribution in [0.1, 0.15) is 62.2 Å². The van der Waals surface area contributed by atoms with Gasteiger partial charge in [-0.3, -0.25) is 4.79 Å². The maximum Gasteiger partial charge on any atom is 0.338 e. The van der Waals surface area contributed by atoms with E-state index in [0.717, 1.165) is 32.1 Å². The first-order valence-corrected chi connectivity index (χ1v) is 10.7. The number of rotatable bonds is 4. The molecule has 0 bridgehead atoms. The molecule has 1 aliphatic heterocycles. The lowest BCUT2D eigenvalue weighted by Crippen LogP contribution is -2.41. The van der Waals surface area contributed by atoms with Crippen LogP contribution >= 0.6 is 0 Å². The number of ether oxygens (including phenoxy) is 1. The van der Waals surface area contributed by atoms with E-state index in [1.54, 1.807) is 6.07 Å². The predicted octanol–water partition coefficient (Wildman–Crippen LogP) is 2.92. The van der Waals surface area contributed by atoms with Crippen molar-refractivity contribution < 1.29 is 22.7 Å². The van der Waals surface area contributed by atoms with Crippen molar-refractivity contribution in [2.75, 3.05) is 6.54 Å². The van der Waals surface area contributed by atoms with E-state index < -0.39 is 22.1 Å². The highest BCUT2D eigenvalue weighted by atomic mass is 32.2. The van der Waals surface area contributed by atoms with Crippen LogP contribution in [0.25, 0.3) is 0 Å². The van der Waals surface area contributed by atoms with Crippen LogP contribution in [0.5, 0.6) is 0 Å². The van der Waals surface area contributed by atoms with E-state index in [0.29, 0.717) is 19.4 Å². The Morgan fingerprint density at radius 1 is 1.15 bits per heavy atom. The molecule has 6 nitrogen and oxygen atoms in total. The van der Waals surface area contributed by atoms with E-state index in [9.17, 15) is 18.0 Å². The lowest BCUT2D eigenvalue weighted by atomic mass is 9.96. The molecule has 1 heterocycles. The molecule has 26 heavy (non-hydrogen) atoms. The molecule has 3 rings (SSSR count). The van der Waals surface area contributed by atoms with Crippen LogP contribution in [0, 0.1) is 0 Å². The summed E-state index contributed by atoms with van der Waals surface area (Å²) in [6.07, 6.45) is 4.64. The molecule has 0 N–H and O–H groups in total. The topological polar surface area (TPSA) is 80.8 Å². The minimum Gasteiger partial charge on any atom is -0.451 e. The summed E-state index contributed by atoms with van der Waals surface area (Å²) in [5, 5.41) is 0. The Kier molecular flexibility index (Phi) is 5.77. The SMILES string of the molecule is C[C@H]1CCCCN1S(=O)(=O)c1cccc(C(=O)O[C@H]2CCCCC2=O)c1. The second-order valence-electron chi connectivity index (χ2n) is 7.09. The average Bonchev–Trinajstić information content (AvgIpc) is 2.64. The van der Waals surface area contributed by atoms with E-state index in [1.165, 1.54) is 22.5 Å². The first kappa shape index (κ1) is 19.0. The second kappa shape index (κ2) is 7.88. The summed E-state index contributed by atoms with van der Waals surface area (Å²) >= 11 is 0. The van der Waals surface area contributed by atoms with Gasteiger partial charge in [0.05, 0.1) is 10.5 Å². The summed E-state index contributed by atoms with van der Waals surface area (Å²) in [7, 11) is -3.65. The largest absolute Gasteiger partial charge is 0.451 e. The molecule has 1 aliphatic carbocycles. The Labute approximate surface area is 154 Å². The summed E-state index contributed by atoms with van der Waals surface area (Å²) < 4.78 is 32.7. The van der Waals surface area contributed by atoms with Gasteiger partial charge in [-0.05, 0) is 57.2 Å². The van der Waals surface area contributed by atoms with Crippen molar-refractivity contribution in [2.45, 2.75) is 68.9 Å². The molecule has 142 valence electrons. The Balaban J connectivity index is 1.79. The van der Waals surface area contributed by atoms with Crippen molar-refractivity contribution in [1.82, 2.24) is 4.31 Å². The summed E-state index contributed by atoms with van der Waals surface area (Å²) in [6.45, 7) is 2.40. The van der Waals surface area contributed by atoms with Crippen LogP contribution < -0.4 is 0 Å². The molecule has 2 atom stereocenters. The lowest BCUT2D eigenvalue weighted by Gasteiger charge is -2.32. The minimum atomic E-state index is -3.65. The highest BCUT2D eigenvalue weighted by Crippen LogP contribution is 2.26. The number of ketones is 1. The third-order valence-electron chi connectivity index (χ3n) is 5.17. The summed E-state index contributed by atoms with van der Waals surface area (Å²) in [6, 6.07) is 5.87. The van der Waals surface area contributed by atoms with Crippen molar-refractivity contribution >= 4 is 21.8 Å². The second-order valence-corrected chi connectivity index (χ2v) is 8.98. The van der Waals surface area contributed by atoms with E-state index in [4.69, 9.17) is 4.74 Å². The van der Waals surface area contributed by atoms with Crippen LogP contribution in [-0.4, -0.2) is 43.2 Å². The van der Waals surface area contributed by atoms with E-state index in [-0.39, 0.29) is 22.3 Å². The van der Waals surface area contributed by atoms with Gasteiger partial charge < -0.3 is 4.74 Å². The molecule has 0 radical (unpaired) electrons. The zero-order valence-electron chi connectivity index (χ0n) is 15.0. The summed E-state index contributed by atoms with van der Waals surface area (Å²) in [4.78, 5) is 24.3. The van der Waals surface area contributed by atoms with Gasteiger partial charge in [0.15, 0.2) is 11.9 Å². The quantitative estimate of drug-likeness (QED) is 0.752. The third-order valence-corrected chi connectivity index (χ3v) is 7.18. The smallest absolute Gasteiger partial charge is 0.338 e. The molecule has 1 aromatic rings. The average molecular weight is 379 g/mol. The number of hydrogen-bond acceptors (Lipinski definition) is 5. The zero-order valence-corrected chi connectivity index (χ0v) is 15.8. The molecule has 1 saturated carbocycles. The van der Waals surface area contributed by atoms with Crippen LogP contribution in [0.4, 0.5) is 0 Å². The van der Waals surface area contributed by atoms with Gasteiger partial charge in [0.25, 0.3) is 0 Å². The van der Waals surface area contributed by atoms with Crippen molar-refractivity contribution in [1.29, 1.82) is 0 Å². The van der Waals surface area contributed by atoms with Gasteiger partial charge in [-0.1, -0.05) is 12.5 Å². The molecular formula is C19H25NO5S. The van der Waals surface area contributed by atoms with Gasteiger partial charge in [-0.25, -0.2) is 13.2 Å². The molecule has 7 heteroatoms. The van der Waals surface area contributed by atoms with E-state index >= 15 is 0 Å². The van der Waals surface area contributed by atoms with Gasteiger partial charge in [0.2, 0.25) is 10.0 Å². The Bertz CT molecular complexity index is 789. The molecule has 2 aliphatic rings. The molecule has 1 saturated heterocycles. The van der Waals surface area contributed by atoms with Crippen LogP contribution in [0.15, 0.2) is 29.2 Å². The predicted molar refractivity (Wildman–Crippen MR) is 96.3 cm³/mol. The number of benzene rings is 1. The molecule has 0 spiro atoms. The molecule has 0 aromatic heterocycles. The number of nitrogens with zero attached hydrogens (tertiary/aromatic N) is 1. The van der Waals surface area contributed by atoms with Gasteiger partial charge in [0.1, 0.15) is 0 Å². The van der Waals surface area contributed by atoms with Crippen LogP contribution in [0.2, 0.25) is 0 Å². The van der Waals surface area contributed by atoms with Crippen LogP contribution in [-0.2, 0) is 19.6 Å². The summed E-state index contributed by atoms with van der Waals surface area (Å²) in [5.74, 6) is -0.704. The van der Waals surface area contributed by atoms with E-state index in [2.05, 4.69) is 0 Å². The van der Waals surface area contributed by atoms with Gasteiger partial charge >= 0.3 is 5.97 Å². The zero-order chi connectivity index (χ0) is 18.7. The monoisotopic (exact) mass is 379 g/mol. The molecule has 0 amide bonds. The number of Topliss-reactive ketones (excluding diaryl/α,β-unsaturated/α-hetero) is 1. The number of sulfonamides is 1. The number of piperidine rings is 1. The Hall–Kier alpha value is -1.73. The van der Waals surface area contributed by atoms with Gasteiger partial charge in [-0.2, -0.15) is 4.31 Å². The number of carbonyl (C=O) groups excluding carboxylic acids is 2. The third kappa shape index (κ3) is 3.99. The lowest BCUT2D eigenvalue weighted by molar-refractivity contribution is -0.129. The van der Waals surface area contributed by atoms with Crippen molar-refractivity contribution in [3.8, 4) is 0 Å². The normalized spacial score (nSPS) is 25.0. The summed E-state index contributed by atoms with van der Waals surface area (Å²) in [5.41, 5.74) is 0.161. The molecular weight excluding hydrogens is 354 g/mol. The van der Waals surface area contributed by atoms with Crippen molar-refractivity contribution in [3.05, 3.63) is 29.8 Å². The van der Waals surface area contributed by atoms with E-state index in [1.807, 2.05) is 6.92 Å². The van der Waals surface area contributed by atoms with Crippen molar-refractivity contribution in [3.63, 3.8) is 0 Å². The maximum atomic E-state index is 12.9. The molecule has 2 fully saturated rings. The minimum absolute atomic E-state index is 0.0517. The number of hydrogen-bond donors (Lipinski definition) is 0. The van der Waals surface area contributed by atoms with Gasteiger partial charge in [-0.15, -0.1) is 0 Å². The first-order valence-electron chi connectivity index (χ1n) is 9.25. The highest BCUT2D eigenvalue weighted by Gasteiger charge is 2.32. The Morgan fingerprint density at radius 3 is 2.65 bits per heavy atom. The molecule has 0 unspecified atom stereocenters. The fourth-order valence-corrected chi connectivity index (χ4v) is 5.37. The molecule has 1 aromatic carbocycles. The first-order chi connectivity index (χ1) is 12.4. The highest BCUT2D eigenvalue weighted by molar-refractivity contribution is 7.89. The van der Waals surface area contributed by atoms with Crippen LogP contribution in [0.3, 0.4) is 0 Å². The maximum absolute atomic E-state index is 12.9. The Morgan fingerprint density at radius 2 is 1.92 bits per heavy atom. The van der Waals surface area contributed by atoms with Crippen molar-refractivity contribution in [2.24, 2.45) is 0 Å².